The van der Waals surface area contributed by atoms with E-state index < -0.39 is 22.8 Å². The first-order chi connectivity index (χ1) is 11.5. The molecule has 1 amide bonds. The highest BCUT2D eigenvalue weighted by Gasteiger charge is 2.55. The van der Waals surface area contributed by atoms with Crippen LogP contribution in [-0.2, 0) is 15.0 Å². The Kier molecular flexibility index (Phi) is 3.93. The molecule has 1 aromatic rings. The van der Waals surface area contributed by atoms with Crippen LogP contribution in [0.3, 0.4) is 0 Å². The fourth-order valence-corrected chi connectivity index (χ4v) is 3.13. The van der Waals surface area contributed by atoms with Crippen LogP contribution in [0, 0.1) is 5.82 Å². The molecule has 0 aromatic heterocycles. The Morgan fingerprint density at radius 2 is 2.08 bits per heavy atom. The quantitative estimate of drug-likeness (QED) is 0.760. The maximum Gasteiger partial charge on any atom is 0.415 e. The van der Waals surface area contributed by atoms with Crippen LogP contribution < -0.4 is 11.1 Å². The second-order valence-electron chi connectivity index (χ2n) is 8.02. The molecular formula is C18H24FN3O3. The number of ether oxygens (including phenoxy) is 2. The zero-order valence-electron chi connectivity index (χ0n) is 15.0. The van der Waals surface area contributed by atoms with Crippen molar-refractivity contribution >= 4 is 17.8 Å². The minimum Gasteiger partial charge on any atom is -0.458 e. The van der Waals surface area contributed by atoms with Gasteiger partial charge in [-0.25, -0.2) is 19.5 Å². The summed E-state index contributed by atoms with van der Waals surface area (Å²) in [5, 5.41) is 2.54. The second-order valence-corrected chi connectivity index (χ2v) is 8.02. The first kappa shape index (κ1) is 17.5. The molecule has 3 N–H and O–H groups in total. The standard InChI is InChI=1S/C18H24FN3O3/c1-16(2,3)25-15(23)21-14-22-17(4,10-18(24-14)7-8-18)12-9-11(20)5-6-13(12)19/h5-6,9H,7-8,10,20H2,1-4H3,(H,21,22,23)/t17-/m0/s1. The van der Waals surface area contributed by atoms with Crippen LogP contribution >= 0.6 is 0 Å². The van der Waals surface area contributed by atoms with Gasteiger partial charge in [0, 0.05) is 17.7 Å². The predicted molar refractivity (Wildman–Crippen MR) is 92.6 cm³/mol. The van der Waals surface area contributed by atoms with Crippen molar-refractivity contribution in [3.63, 3.8) is 0 Å². The number of anilines is 1. The third-order valence-corrected chi connectivity index (χ3v) is 4.31. The van der Waals surface area contributed by atoms with E-state index in [-0.39, 0.29) is 11.8 Å². The van der Waals surface area contributed by atoms with Gasteiger partial charge in [-0.1, -0.05) is 0 Å². The molecule has 1 spiro atoms. The van der Waals surface area contributed by atoms with E-state index in [1.165, 1.54) is 12.1 Å². The minimum absolute atomic E-state index is 0.0577. The van der Waals surface area contributed by atoms with E-state index in [0.29, 0.717) is 17.7 Å². The summed E-state index contributed by atoms with van der Waals surface area (Å²) in [5.41, 5.74) is 4.75. The van der Waals surface area contributed by atoms with E-state index in [1.807, 2.05) is 6.92 Å². The summed E-state index contributed by atoms with van der Waals surface area (Å²) in [7, 11) is 0. The lowest BCUT2D eigenvalue weighted by Gasteiger charge is -2.36. The number of hydrogen-bond acceptors (Lipinski definition) is 5. The molecule has 1 aromatic carbocycles. The summed E-state index contributed by atoms with van der Waals surface area (Å²) < 4.78 is 25.5. The Morgan fingerprint density at radius 3 is 2.68 bits per heavy atom. The molecule has 1 saturated carbocycles. The molecule has 1 aliphatic carbocycles. The number of alkyl carbamates (subject to hydrolysis) is 1. The van der Waals surface area contributed by atoms with Gasteiger partial charge in [-0.2, -0.15) is 0 Å². The summed E-state index contributed by atoms with van der Waals surface area (Å²) in [6.07, 6.45) is 1.54. The molecule has 7 heteroatoms. The Bertz CT molecular complexity index is 738. The topological polar surface area (TPSA) is 85.9 Å². The first-order valence-electron chi connectivity index (χ1n) is 8.35. The second kappa shape index (κ2) is 5.61. The van der Waals surface area contributed by atoms with E-state index in [4.69, 9.17) is 15.2 Å². The highest BCUT2D eigenvalue weighted by atomic mass is 19.1. The van der Waals surface area contributed by atoms with Gasteiger partial charge in [0.25, 0.3) is 6.02 Å². The molecular weight excluding hydrogens is 325 g/mol. The third kappa shape index (κ3) is 3.86. The number of aliphatic imine (C=N–C) groups is 1. The van der Waals surface area contributed by atoms with E-state index in [2.05, 4.69) is 10.3 Å². The highest BCUT2D eigenvalue weighted by Crippen LogP contribution is 2.52. The maximum atomic E-state index is 14.4. The molecule has 6 nitrogen and oxygen atoms in total. The summed E-state index contributed by atoms with van der Waals surface area (Å²) in [6.45, 7) is 7.13. The van der Waals surface area contributed by atoms with Gasteiger partial charge in [0.2, 0.25) is 0 Å². The van der Waals surface area contributed by atoms with E-state index in [1.54, 1.807) is 26.8 Å². The smallest absolute Gasteiger partial charge is 0.415 e. The van der Waals surface area contributed by atoms with Gasteiger partial charge in [-0.3, -0.25) is 0 Å². The lowest BCUT2D eigenvalue weighted by Crippen LogP contribution is -2.46. The van der Waals surface area contributed by atoms with Crippen LogP contribution in [0.5, 0.6) is 0 Å². The van der Waals surface area contributed by atoms with Crippen LogP contribution in [-0.4, -0.2) is 23.3 Å². The molecule has 0 bridgehead atoms. The van der Waals surface area contributed by atoms with Gasteiger partial charge in [0.1, 0.15) is 17.0 Å². The fourth-order valence-electron chi connectivity index (χ4n) is 3.13. The van der Waals surface area contributed by atoms with Crippen molar-refractivity contribution in [1.82, 2.24) is 5.32 Å². The lowest BCUT2D eigenvalue weighted by atomic mass is 9.84. The number of amides is 1. The molecule has 0 unspecified atom stereocenters. The molecule has 0 radical (unpaired) electrons. The number of rotatable bonds is 1. The predicted octanol–water partition coefficient (Wildman–Crippen LogP) is 3.46. The average molecular weight is 349 g/mol. The van der Waals surface area contributed by atoms with Gasteiger partial charge < -0.3 is 15.2 Å². The number of carbonyl (C=O) groups excluding carboxylic acids is 1. The molecule has 25 heavy (non-hydrogen) atoms. The van der Waals surface area contributed by atoms with Crippen molar-refractivity contribution < 1.29 is 18.7 Å². The Morgan fingerprint density at radius 1 is 1.40 bits per heavy atom. The Hall–Kier alpha value is -2.31. The van der Waals surface area contributed by atoms with Gasteiger partial charge in [0.05, 0.1) is 5.54 Å². The number of halogens is 1. The zero-order chi connectivity index (χ0) is 18.5. The van der Waals surface area contributed by atoms with Crippen LogP contribution in [0.1, 0.15) is 52.5 Å². The van der Waals surface area contributed by atoms with Crippen molar-refractivity contribution in [3.8, 4) is 0 Å². The number of amidine groups is 1. The summed E-state index contributed by atoms with van der Waals surface area (Å²) in [6, 6.07) is 4.49. The van der Waals surface area contributed by atoms with Gasteiger partial charge in [-0.05, 0) is 58.7 Å². The highest BCUT2D eigenvalue weighted by molar-refractivity contribution is 5.91. The zero-order valence-corrected chi connectivity index (χ0v) is 15.0. The van der Waals surface area contributed by atoms with Crippen molar-refractivity contribution in [2.45, 2.75) is 63.7 Å². The Balaban J connectivity index is 1.91. The largest absolute Gasteiger partial charge is 0.458 e. The molecule has 3 rings (SSSR count). The van der Waals surface area contributed by atoms with Crippen LogP contribution in [0.2, 0.25) is 0 Å². The normalized spacial score (nSPS) is 24.3. The van der Waals surface area contributed by atoms with Crippen LogP contribution in [0.15, 0.2) is 23.2 Å². The van der Waals surface area contributed by atoms with Gasteiger partial charge in [-0.15, -0.1) is 0 Å². The van der Waals surface area contributed by atoms with Crippen molar-refractivity contribution in [2.75, 3.05) is 5.73 Å². The molecule has 2 aliphatic rings. The van der Waals surface area contributed by atoms with Crippen molar-refractivity contribution in [1.29, 1.82) is 0 Å². The van der Waals surface area contributed by atoms with E-state index in [0.717, 1.165) is 12.8 Å². The monoisotopic (exact) mass is 349 g/mol. The van der Waals surface area contributed by atoms with Crippen molar-refractivity contribution in [3.05, 3.63) is 29.6 Å². The summed E-state index contributed by atoms with van der Waals surface area (Å²) in [4.78, 5) is 16.5. The number of nitrogen functional groups attached to an aromatic ring is 1. The molecule has 0 saturated heterocycles. The van der Waals surface area contributed by atoms with Crippen LogP contribution in [0.4, 0.5) is 14.9 Å². The molecule has 1 fully saturated rings. The third-order valence-electron chi connectivity index (χ3n) is 4.31. The Labute approximate surface area is 146 Å². The lowest BCUT2D eigenvalue weighted by molar-refractivity contribution is 0.0495. The first-order valence-corrected chi connectivity index (χ1v) is 8.35. The molecule has 1 aliphatic heterocycles. The number of hydrogen-bond donors (Lipinski definition) is 2. The fraction of sp³-hybridized carbons (Fsp3) is 0.556. The van der Waals surface area contributed by atoms with Crippen molar-refractivity contribution in [2.24, 2.45) is 4.99 Å². The van der Waals surface area contributed by atoms with Gasteiger partial charge in [0.15, 0.2) is 0 Å². The number of nitrogens with two attached hydrogens (primary N) is 1. The van der Waals surface area contributed by atoms with Gasteiger partial charge >= 0.3 is 6.09 Å². The summed E-state index contributed by atoms with van der Waals surface area (Å²) in [5.74, 6) is -0.380. The maximum absolute atomic E-state index is 14.4. The molecule has 1 heterocycles. The SMILES string of the molecule is CC(C)(C)OC(=O)NC1=N[C@](C)(c2cc(N)ccc2F)CC2(CC2)O1. The minimum atomic E-state index is -0.876. The van der Waals surface area contributed by atoms with E-state index in [9.17, 15) is 9.18 Å². The number of benzene rings is 1. The number of nitrogens with zero attached hydrogens (tertiary/aromatic N) is 1. The molecule has 136 valence electrons. The number of carbonyl (C=O) groups is 1. The summed E-state index contributed by atoms with van der Waals surface area (Å²) >= 11 is 0. The average Bonchev–Trinajstić information content (AvgIpc) is 3.16. The molecule has 1 atom stereocenters. The number of nitrogens with one attached hydrogen (secondary N) is 1. The van der Waals surface area contributed by atoms with E-state index >= 15 is 0 Å². The van der Waals surface area contributed by atoms with Crippen LogP contribution in [0.25, 0.3) is 0 Å².